The summed E-state index contributed by atoms with van der Waals surface area (Å²) in [5.41, 5.74) is -0.217. The molecule has 0 aliphatic carbocycles. The number of carbonyl (C=O) groups is 1. The number of hydrogen-bond acceptors (Lipinski definition) is 3. The molecule has 0 bridgehead atoms. The van der Waals surface area contributed by atoms with Crippen LogP contribution in [0.15, 0.2) is 0 Å². The van der Waals surface area contributed by atoms with Crippen LogP contribution < -0.4 is 0 Å². The van der Waals surface area contributed by atoms with Crippen LogP contribution in [0.4, 0.5) is 0 Å². The third kappa shape index (κ3) is 3.47. The number of carboxylic acid groups (broad SMARTS) is 1. The Labute approximate surface area is 91.9 Å². The zero-order chi connectivity index (χ0) is 11.5. The molecule has 0 radical (unpaired) electrons. The molecular formula is C11H22N2O2. The second-order valence-corrected chi connectivity index (χ2v) is 4.80. The fourth-order valence-electron chi connectivity index (χ4n) is 2.15. The largest absolute Gasteiger partial charge is 0.481 e. The molecule has 0 atom stereocenters. The summed E-state index contributed by atoms with van der Waals surface area (Å²) >= 11 is 0. The van der Waals surface area contributed by atoms with Crippen LogP contribution in [0.5, 0.6) is 0 Å². The highest BCUT2D eigenvalue weighted by atomic mass is 16.4. The fourth-order valence-corrected chi connectivity index (χ4v) is 2.15. The van der Waals surface area contributed by atoms with Gasteiger partial charge in [0.2, 0.25) is 0 Å². The van der Waals surface area contributed by atoms with Crippen molar-refractivity contribution in [1.29, 1.82) is 0 Å². The van der Waals surface area contributed by atoms with Crippen molar-refractivity contribution >= 4 is 5.97 Å². The maximum absolute atomic E-state index is 10.7. The van der Waals surface area contributed by atoms with Crippen LogP contribution in [0.2, 0.25) is 0 Å². The monoisotopic (exact) mass is 214 g/mol. The van der Waals surface area contributed by atoms with Gasteiger partial charge in [0.05, 0.1) is 6.42 Å². The Bertz CT molecular complexity index is 221. The van der Waals surface area contributed by atoms with Gasteiger partial charge in [-0.25, -0.2) is 0 Å². The van der Waals surface area contributed by atoms with E-state index in [1.165, 1.54) is 0 Å². The minimum absolute atomic E-state index is 0.217. The van der Waals surface area contributed by atoms with Crippen molar-refractivity contribution in [2.24, 2.45) is 0 Å². The van der Waals surface area contributed by atoms with E-state index in [4.69, 9.17) is 5.11 Å². The van der Waals surface area contributed by atoms with E-state index >= 15 is 0 Å². The first-order valence-corrected chi connectivity index (χ1v) is 5.65. The number of nitrogens with zero attached hydrogens (tertiary/aromatic N) is 2. The molecule has 1 heterocycles. The predicted molar refractivity (Wildman–Crippen MR) is 60.0 cm³/mol. The van der Waals surface area contributed by atoms with Gasteiger partial charge in [0.1, 0.15) is 0 Å². The van der Waals surface area contributed by atoms with Gasteiger partial charge < -0.3 is 10.0 Å². The molecule has 0 saturated carbocycles. The Morgan fingerprint density at radius 2 is 1.80 bits per heavy atom. The molecule has 1 aliphatic heterocycles. The number of rotatable bonds is 4. The summed E-state index contributed by atoms with van der Waals surface area (Å²) in [7, 11) is 0. The molecule has 4 heteroatoms. The molecule has 4 nitrogen and oxygen atoms in total. The van der Waals surface area contributed by atoms with Crippen LogP contribution in [0.25, 0.3) is 0 Å². The second-order valence-electron chi connectivity index (χ2n) is 4.80. The summed E-state index contributed by atoms with van der Waals surface area (Å²) in [4.78, 5) is 15.4. The van der Waals surface area contributed by atoms with Crippen molar-refractivity contribution in [2.75, 3.05) is 32.7 Å². The van der Waals surface area contributed by atoms with E-state index in [0.717, 1.165) is 32.7 Å². The maximum Gasteiger partial charge on any atom is 0.305 e. The first-order valence-electron chi connectivity index (χ1n) is 5.65. The van der Waals surface area contributed by atoms with E-state index in [2.05, 4.69) is 16.7 Å². The van der Waals surface area contributed by atoms with E-state index in [1.807, 2.05) is 13.8 Å². The van der Waals surface area contributed by atoms with Gasteiger partial charge >= 0.3 is 5.97 Å². The summed E-state index contributed by atoms with van der Waals surface area (Å²) in [6.45, 7) is 11.4. The van der Waals surface area contributed by atoms with Gasteiger partial charge in [-0.3, -0.25) is 9.69 Å². The smallest absolute Gasteiger partial charge is 0.305 e. The summed E-state index contributed by atoms with van der Waals surface area (Å²) in [6, 6.07) is 0. The van der Waals surface area contributed by atoms with Crippen LogP contribution in [0, 0.1) is 0 Å². The Kier molecular flexibility index (Phi) is 4.11. The van der Waals surface area contributed by atoms with Crippen molar-refractivity contribution in [2.45, 2.75) is 32.7 Å². The van der Waals surface area contributed by atoms with Crippen LogP contribution in [-0.2, 0) is 4.79 Å². The van der Waals surface area contributed by atoms with Crippen LogP contribution >= 0.6 is 0 Å². The highest BCUT2D eigenvalue weighted by molar-refractivity contribution is 5.68. The highest BCUT2D eigenvalue weighted by Crippen LogP contribution is 2.20. The molecule has 0 aromatic rings. The molecule has 15 heavy (non-hydrogen) atoms. The van der Waals surface area contributed by atoms with E-state index in [-0.39, 0.29) is 12.0 Å². The third-order valence-electron chi connectivity index (χ3n) is 3.26. The molecule has 0 aromatic carbocycles. The molecule has 0 unspecified atom stereocenters. The first kappa shape index (κ1) is 12.5. The predicted octanol–water partition coefficient (Wildman–Crippen LogP) is 0.877. The highest BCUT2D eigenvalue weighted by Gasteiger charge is 2.31. The average molecular weight is 214 g/mol. The van der Waals surface area contributed by atoms with Crippen molar-refractivity contribution in [3.05, 3.63) is 0 Å². The Hall–Kier alpha value is -0.610. The van der Waals surface area contributed by atoms with Gasteiger partial charge in [0, 0.05) is 31.7 Å². The molecule has 0 aromatic heterocycles. The summed E-state index contributed by atoms with van der Waals surface area (Å²) in [5.74, 6) is -0.710. The number of likely N-dealkylation sites (N-methyl/N-ethyl adjacent to an activating group) is 1. The van der Waals surface area contributed by atoms with Crippen molar-refractivity contribution in [3.8, 4) is 0 Å². The minimum atomic E-state index is -0.710. The van der Waals surface area contributed by atoms with Gasteiger partial charge in [-0.1, -0.05) is 6.92 Å². The van der Waals surface area contributed by atoms with E-state index in [1.54, 1.807) is 0 Å². The van der Waals surface area contributed by atoms with Gasteiger partial charge in [-0.2, -0.15) is 0 Å². The SMILES string of the molecule is CCN1CCN(C(C)(C)CC(=O)O)CC1. The zero-order valence-corrected chi connectivity index (χ0v) is 9.99. The topological polar surface area (TPSA) is 43.8 Å². The number of piperazine rings is 1. The van der Waals surface area contributed by atoms with Crippen molar-refractivity contribution < 1.29 is 9.90 Å². The lowest BCUT2D eigenvalue weighted by atomic mass is 9.97. The maximum atomic E-state index is 10.7. The molecule has 1 aliphatic rings. The molecule has 1 rings (SSSR count). The number of carboxylic acids is 1. The number of hydrogen-bond donors (Lipinski definition) is 1. The standard InChI is InChI=1S/C11H22N2O2/c1-4-12-5-7-13(8-6-12)11(2,3)9-10(14)15/h4-9H2,1-3H3,(H,14,15). The summed E-state index contributed by atoms with van der Waals surface area (Å²) in [5, 5.41) is 8.84. The average Bonchev–Trinajstić information content (AvgIpc) is 2.16. The molecule has 0 spiro atoms. The van der Waals surface area contributed by atoms with Gasteiger partial charge in [0.15, 0.2) is 0 Å². The Morgan fingerprint density at radius 3 is 2.20 bits per heavy atom. The molecule has 1 saturated heterocycles. The van der Waals surface area contributed by atoms with Crippen molar-refractivity contribution in [3.63, 3.8) is 0 Å². The lowest BCUT2D eigenvalue weighted by molar-refractivity contribution is -0.140. The van der Waals surface area contributed by atoms with Crippen LogP contribution in [-0.4, -0.2) is 59.1 Å². The molecule has 88 valence electrons. The Balaban J connectivity index is 2.47. The van der Waals surface area contributed by atoms with Gasteiger partial charge in [-0.15, -0.1) is 0 Å². The lowest BCUT2D eigenvalue weighted by Crippen LogP contribution is -2.55. The lowest BCUT2D eigenvalue weighted by Gasteiger charge is -2.43. The molecular weight excluding hydrogens is 192 g/mol. The zero-order valence-electron chi connectivity index (χ0n) is 9.99. The fraction of sp³-hybridized carbons (Fsp3) is 0.909. The third-order valence-corrected chi connectivity index (χ3v) is 3.26. The van der Waals surface area contributed by atoms with E-state index in [9.17, 15) is 4.79 Å². The van der Waals surface area contributed by atoms with Crippen molar-refractivity contribution in [1.82, 2.24) is 9.80 Å². The molecule has 1 N–H and O–H groups in total. The van der Waals surface area contributed by atoms with Crippen LogP contribution in [0.1, 0.15) is 27.2 Å². The van der Waals surface area contributed by atoms with Gasteiger partial charge in [0.25, 0.3) is 0 Å². The normalized spacial score (nSPS) is 20.5. The van der Waals surface area contributed by atoms with Gasteiger partial charge in [-0.05, 0) is 20.4 Å². The summed E-state index contributed by atoms with van der Waals surface area (Å²) < 4.78 is 0. The number of aliphatic carboxylic acids is 1. The minimum Gasteiger partial charge on any atom is -0.481 e. The quantitative estimate of drug-likeness (QED) is 0.754. The summed E-state index contributed by atoms with van der Waals surface area (Å²) in [6.07, 6.45) is 0.221. The molecule has 0 amide bonds. The van der Waals surface area contributed by atoms with E-state index < -0.39 is 5.97 Å². The van der Waals surface area contributed by atoms with Crippen LogP contribution in [0.3, 0.4) is 0 Å². The second kappa shape index (κ2) is 4.94. The molecule has 1 fully saturated rings. The Morgan fingerprint density at radius 1 is 1.27 bits per heavy atom. The van der Waals surface area contributed by atoms with E-state index in [0.29, 0.717) is 0 Å². The first-order chi connectivity index (χ1) is 6.95.